The zero-order valence-corrected chi connectivity index (χ0v) is 20.7. The standard InChI is InChI=1S/C23H32N4O3.HI/c1-4-24-22(25-14-18(2)16-30-17-20-8-6-5-7-9-20)26-15-19-10-12-21(13-11-19)27-23(28)29-3;/h5-13,18H,4,14-17H2,1-3H3,(H,27,28)(H2,24,25,26);1H. The lowest BCUT2D eigenvalue weighted by Crippen LogP contribution is -2.40. The summed E-state index contributed by atoms with van der Waals surface area (Å²) in [7, 11) is 1.34. The predicted molar refractivity (Wildman–Crippen MR) is 136 cm³/mol. The SMILES string of the molecule is CCNC(=NCc1ccc(NC(=O)OC)cc1)NCC(C)COCc1ccccc1.I. The van der Waals surface area contributed by atoms with Crippen LogP contribution in [0.5, 0.6) is 0 Å². The Hall–Kier alpha value is -2.33. The van der Waals surface area contributed by atoms with Crippen LogP contribution in [0.25, 0.3) is 0 Å². The van der Waals surface area contributed by atoms with E-state index in [0.717, 1.165) is 24.6 Å². The van der Waals surface area contributed by atoms with Crippen LogP contribution in [0.15, 0.2) is 59.6 Å². The number of guanidine groups is 1. The van der Waals surface area contributed by atoms with Gasteiger partial charge in [-0.3, -0.25) is 5.32 Å². The molecule has 0 aliphatic rings. The topological polar surface area (TPSA) is 84.0 Å². The number of carbonyl (C=O) groups excluding carboxylic acids is 1. The van der Waals surface area contributed by atoms with E-state index in [1.807, 2.05) is 49.4 Å². The quantitative estimate of drug-likeness (QED) is 0.237. The number of nitrogens with one attached hydrogen (secondary N) is 3. The van der Waals surface area contributed by atoms with Gasteiger partial charge < -0.3 is 20.1 Å². The fraction of sp³-hybridized carbons (Fsp3) is 0.391. The lowest BCUT2D eigenvalue weighted by Gasteiger charge is -2.16. The van der Waals surface area contributed by atoms with Gasteiger partial charge in [-0.15, -0.1) is 24.0 Å². The van der Waals surface area contributed by atoms with Crippen LogP contribution in [-0.4, -0.2) is 38.9 Å². The number of methoxy groups -OCH3 is 1. The number of hydrogen-bond acceptors (Lipinski definition) is 4. The van der Waals surface area contributed by atoms with Crippen molar-refractivity contribution in [2.45, 2.75) is 27.0 Å². The molecule has 0 bridgehead atoms. The van der Waals surface area contributed by atoms with Crippen LogP contribution in [0.4, 0.5) is 10.5 Å². The van der Waals surface area contributed by atoms with Crippen molar-refractivity contribution in [3.05, 3.63) is 65.7 Å². The number of benzene rings is 2. The number of halogens is 1. The number of amides is 1. The van der Waals surface area contributed by atoms with E-state index in [2.05, 4.69) is 44.7 Å². The predicted octanol–water partition coefficient (Wildman–Crippen LogP) is 4.39. The molecule has 0 heterocycles. The number of carbonyl (C=O) groups is 1. The minimum atomic E-state index is -0.485. The summed E-state index contributed by atoms with van der Waals surface area (Å²) in [6.07, 6.45) is -0.485. The first-order valence-corrected chi connectivity index (χ1v) is 10.2. The molecule has 0 spiro atoms. The average molecular weight is 540 g/mol. The van der Waals surface area contributed by atoms with Gasteiger partial charge in [0, 0.05) is 18.8 Å². The summed E-state index contributed by atoms with van der Waals surface area (Å²) in [5.74, 6) is 1.12. The highest BCUT2D eigenvalue weighted by Crippen LogP contribution is 2.10. The monoisotopic (exact) mass is 540 g/mol. The second-order valence-corrected chi connectivity index (χ2v) is 7.00. The van der Waals surface area contributed by atoms with Gasteiger partial charge in [0.15, 0.2) is 5.96 Å². The van der Waals surface area contributed by atoms with Crippen molar-refractivity contribution in [3.63, 3.8) is 0 Å². The van der Waals surface area contributed by atoms with E-state index >= 15 is 0 Å². The Labute approximate surface area is 202 Å². The average Bonchev–Trinajstić information content (AvgIpc) is 2.77. The van der Waals surface area contributed by atoms with Crippen LogP contribution in [0.1, 0.15) is 25.0 Å². The molecule has 31 heavy (non-hydrogen) atoms. The molecule has 0 aliphatic carbocycles. The van der Waals surface area contributed by atoms with Crippen molar-refractivity contribution < 1.29 is 14.3 Å². The molecule has 2 aromatic rings. The highest BCUT2D eigenvalue weighted by atomic mass is 127. The summed E-state index contributed by atoms with van der Waals surface area (Å²) in [6, 6.07) is 17.7. The number of aliphatic imine (C=N–C) groups is 1. The van der Waals surface area contributed by atoms with Crippen molar-refractivity contribution in [1.82, 2.24) is 10.6 Å². The Morgan fingerprint density at radius 3 is 2.39 bits per heavy atom. The molecule has 170 valence electrons. The lowest BCUT2D eigenvalue weighted by molar-refractivity contribution is 0.0931. The molecule has 2 aromatic carbocycles. The van der Waals surface area contributed by atoms with E-state index in [1.165, 1.54) is 12.7 Å². The molecule has 0 saturated carbocycles. The Morgan fingerprint density at radius 1 is 1.03 bits per heavy atom. The zero-order valence-electron chi connectivity index (χ0n) is 18.4. The smallest absolute Gasteiger partial charge is 0.411 e. The largest absolute Gasteiger partial charge is 0.453 e. The first-order chi connectivity index (χ1) is 14.6. The van der Waals surface area contributed by atoms with E-state index in [4.69, 9.17) is 4.74 Å². The summed E-state index contributed by atoms with van der Waals surface area (Å²) >= 11 is 0. The number of rotatable bonds is 10. The second-order valence-electron chi connectivity index (χ2n) is 7.00. The Kier molecular flexibility index (Phi) is 13.3. The number of hydrogen-bond donors (Lipinski definition) is 3. The van der Waals surface area contributed by atoms with Crippen LogP contribution in [0.2, 0.25) is 0 Å². The van der Waals surface area contributed by atoms with Crippen molar-refractivity contribution in [3.8, 4) is 0 Å². The molecule has 0 aliphatic heterocycles. The summed E-state index contributed by atoms with van der Waals surface area (Å²) in [5, 5.41) is 9.26. The minimum absolute atomic E-state index is 0. The lowest BCUT2D eigenvalue weighted by atomic mass is 10.2. The Balaban J connectivity index is 0.00000480. The van der Waals surface area contributed by atoms with E-state index in [1.54, 1.807) is 0 Å². The molecular weight excluding hydrogens is 507 g/mol. The zero-order chi connectivity index (χ0) is 21.6. The fourth-order valence-electron chi connectivity index (χ4n) is 2.66. The van der Waals surface area contributed by atoms with Gasteiger partial charge in [-0.1, -0.05) is 49.4 Å². The molecule has 8 heteroatoms. The third-order valence-electron chi connectivity index (χ3n) is 4.28. The van der Waals surface area contributed by atoms with Gasteiger partial charge in [0.05, 0.1) is 26.9 Å². The molecule has 0 saturated heterocycles. The molecule has 1 unspecified atom stereocenters. The maximum Gasteiger partial charge on any atom is 0.411 e. The molecule has 1 atom stereocenters. The fourth-order valence-corrected chi connectivity index (χ4v) is 2.66. The van der Waals surface area contributed by atoms with Crippen LogP contribution in [-0.2, 0) is 22.6 Å². The molecular formula is C23H33IN4O3. The van der Waals surface area contributed by atoms with Crippen LogP contribution >= 0.6 is 24.0 Å². The third kappa shape index (κ3) is 11.0. The first-order valence-electron chi connectivity index (χ1n) is 10.2. The van der Waals surface area contributed by atoms with Crippen molar-refractivity contribution >= 4 is 41.7 Å². The maximum atomic E-state index is 11.2. The van der Waals surface area contributed by atoms with Crippen molar-refractivity contribution in [1.29, 1.82) is 0 Å². The second kappa shape index (κ2) is 15.5. The Bertz CT molecular complexity index is 785. The number of anilines is 1. The van der Waals surface area contributed by atoms with Gasteiger partial charge in [0.25, 0.3) is 0 Å². The summed E-state index contributed by atoms with van der Waals surface area (Å²) < 4.78 is 10.4. The van der Waals surface area contributed by atoms with Gasteiger partial charge in [-0.25, -0.2) is 9.79 Å². The minimum Gasteiger partial charge on any atom is -0.453 e. The molecule has 1 amide bonds. The summed E-state index contributed by atoms with van der Waals surface area (Å²) in [5.41, 5.74) is 2.91. The van der Waals surface area contributed by atoms with Crippen LogP contribution in [0.3, 0.4) is 0 Å². The van der Waals surface area contributed by atoms with Gasteiger partial charge in [-0.05, 0) is 36.1 Å². The van der Waals surface area contributed by atoms with Gasteiger partial charge in [-0.2, -0.15) is 0 Å². The van der Waals surface area contributed by atoms with Crippen LogP contribution in [0, 0.1) is 5.92 Å². The third-order valence-corrected chi connectivity index (χ3v) is 4.28. The summed E-state index contributed by atoms with van der Waals surface area (Å²) in [6.45, 7) is 7.57. The molecule has 7 nitrogen and oxygen atoms in total. The molecule has 0 fully saturated rings. The van der Waals surface area contributed by atoms with E-state index in [0.29, 0.717) is 31.4 Å². The molecule has 0 radical (unpaired) electrons. The van der Waals surface area contributed by atoms with Gasteiger partial charge in [0.2, 0.25) is 0 Å². The molecule has 2 rings (SSSR count). The normalized spacial score (nSPS) is 11.8. The van der Waals surface area contributed by atoms with Gasteiger partial charge in [0.1, 0.15) is 0 Å². The number of ether oxygens (including phenoxy) is 2. The maximum absolute atomic E-state index is 11.2. The van der Waals surface area contributed by atoms with Crippen LogP contribution < -0.4 is 16.0 Å². The summed E-state index contributed by atoms with van der Waals surface area (Å²) in [4.78, 5) is 15.9. The first kappa shape index (κ1) is 26.7. The number of nitrogens with zero attached hydrogens (tertiary/aromatic N) is 1. The Morgan fingerprint density at radius 2 is 1.74 bits per heavy atom. The highest BCUT2D eigenvalue weighted by molar-refractivity contribution is 14.0. The van der Waals surface area contributed by atoms with Crippen molar-refractivity contribution in [2.75, 3.05) is 32.1 Å². The van der Waals surface area contributed by atoms with E-state index < -0.39 is 6.09 Å². The van der Waals surface area contributed by atoms with E-state index in [-0.39, 0.29) is 24.0 Å². The molecule has 3 N–H and O–H groups in total. The van der Waals surface area contributed by atoms with E-state index in [9.17, 15) is 4.79 Å². The van der Waals surface area contributed by atoms with Crippen molar-refractivity contribution in [2.24, 2.45) is 10.9 Å². The van der Waals surface area contributed by atoms with Gasteiger partial charge >= 0.3 is 6.09 Å². The highest BCUT2D eigenvalue weighted by Gasteiger charge is 2.05. The molecule has 0 aromatic heterocycles.